The van der Waals surface area contributed by atoms with Gasteiger partial charge in [-0.05, 0) is 29.8 Å². The Bertz CT molecular complexity index is 1020. The molecule has 0 aliphatic carbocycles. The van der Waals surface area contributed by atoms with E-state index in [0.29, 0.717) is 5.95 Å². The maximum Gasteiger partial charge on any atom is 0.227 e. The van der Waals surface area contributed by atoms with E-state index in [1.54, 1.807) is 25.7 Å². The summed E-state index contributed by atoms with van der Waals surface area (Å²) in [6, 6.07) is 11.7. The van der Waals surface area contributed by atoms with Crippen molar-refractivity contribution in [1.82, 2.24) is 25.2 Å². The fourth-order valence-electron chi connectivity index (χ4n) is 3.31. The summed E-state index contributed by atoms with van der Waals surface area (Å²) in [5.74, 6) is 1.34. The first-order valence-corrected chi connectivity index (χ1v) is 9.82. The van der Waals surface area contributed by atoms with Gasteiger partial charge in [0.2, 0.25) is 5.95 Å². The van der Waals surface area contributed by atoms with Crippen molar-refractivity contribution >= 4 is 17.3 Å². The average molecular weight is 400 g/mol. The molecule has 2 aromatic heterocycles. The molecular formula is C23H24N6O. The van der Waals surface area contributed by atoms with Crippen LogP contribution in [0, 0.1) is 0 Å². The molecule has 3 aromatic rings. The Balaban J connectivity index is 1.43. The Kier molecular flexibility index (Phi) is 6.03. The van der Waals surface area contributed by atoms with Crippen molar-refractivity contribution in [2.75, 3.05) is 38.6 Å². The molecule has 2 N–H and O–H groups in total. The number of anilines is 2. The highest BCUT2D eigenvalue weighted by Crippen LogP contribution is 2.23. The molecule has 7 nitrogen and oxygen atoms in total. The maximum atomic E-state index is 5.19. The van der Waals surface area contributed by atoms with E-state index in [0.717, 1.165) is 60.1 Å². The van der Waals surface area contributed by atoms with Gasteiger partial charge in [0.25, 0.3) is 0 Å². The predicted octanol–water partition coefficient (Wildman–Crippen LogP) is 3.32. The summed E-state index contributed by atoms with van der Waals surface area (Å²) >= 11 is 0. The van der Waals surface area contributed by atoms with Crippen LogP contribution >= 0.6 is 0 Å². The smallest absolute Gasteiger partial charge is 0.227 e. The predicted molar refractivity (Wildman–Crippen MR) is 119 cm³/mol. The third kappa shape index (κ3) is 4.49. The first-order valence-electron chi connectivity index (χ1n) is 9.82. The molecule has 4 rings (SSSR count). The first kappa shape index (κ1) is 19.6. The van der Waals surface area contributed by atoms with Crippen LogP contribution in [0.2, 0.25) is 0 Å². The number of benzene rings is 1. The lowest BCUT2D eigenvalue weighted by molar-refractivity contribution is 0.340. The van der Waals surface area contributed by atoms with E-state index in [9.17, 15) is 0 Å². The molecule has 0 bridgehead atoms. The summed E-state index contributed by atoms with van der Waals surface area (Å²) in [7, 11) is 1.65. The van der Waals surface area contributed by atoms with Gasteiger partial charge in [-0.15, -0.1) is 5.73 Å². The normalized spacial score (nSPS) is 13.4. The monoisotopic (exact) mass is 400 g/mol. The van der Waals surface area contributed by atoms with Gasteiger partial charge < -0.3 is 20.3 Å². The van der Waals surface area contributed by atoms with Crippen LogP contribution in [-0.4, -0.2) is 53.1 Å². The lowest BCUT2D eigenvalue weighted by Gasteiger charge is -2.30. The zero-order valence-electron chi connectivity index (χ0n) is 16.9. The van der Waals surface area contributed by atoms with Gasteiger partial charge in [-0.2, -0.15) is 0 Å². The van der Waals surface area contributed by atoms with Crippen molar-refractivity contribution in [2.45, 2.75) is 0 Å². The summed E-state index contributed by atoms with van der Waals surface area (Å²) in [5, 5.41) is 6.54. The number of hydrogen-bond donors (Lipinski definition) is 2. The van der Waals surface area contributed by atoms with E-state index in [2.05, 4.69) is 42.8 Å². The van der Waals surface area contributed by atoms with Crippen LogP contribution in [-0.2, 0) is 0 Å². The third-order valence-electron chi connectivity index (χ3n) is 4.94. The Morgan fingerprint density at radius 2 is 1.73 bits per heavy atom. The maximum absolute atomic E-state index is 5.19. The summed E-state index contributed by atoms with van der Waals surface area (Å²) in [4.78, 5) is 15.7. The number of ether oxygens (including phenoxy) is 1. The minimum absolute atomic E-state index is 0.517. The second-order valence-corrected chi connectivity index (χ2v) is 6.84. The average Bonchev–Trinajstić information content (AvgIpc) is 2.82. The molecule has 152 valence electrons. The number of hydrogen-bond acceptors (Lipinski definition) is 7. The fraction of sp³-hybridized carbons (Fsp3) is 0.217. The zero-order valence-corrected chi connectivity index (χ0v) is 16.9. The van der Waals surface area contributed by atoms with Crippen molar-refractivity contribution in [3.05, 3.63) is 73.0 Å². The molecule has 0 atom stereocenters. The molecule has 1 aliphatic heterocycles. The highest BCUT2D eigenvalue weighted by Gasteiger charge is 2.15. The van der Waals surface area contributed by atoms with Crippen molar-refractivity contribution in [3.8, 4) is 16.9 Å². The van der Waals surface area contributed by atoms with Crippen LogP contribution < -0.4 is 15.4 Å². The van der Waals surface area contributed by atoms with Crippen molar-refractivity contribution < 1.29 is 4.74 Å². The summed E-state index contributed by atoms with van der Waals surface area (Å²) in [6.07, 6.45) is 5.36. The van der Waals surface area contributed by atoms with Crippen LogP contribution in [0.5, 0.6) is 5.75 Å². The molecule has 0 radical (unpaired) electrons. The van der Waals surface area contributed by atoms with Gasteiger partial charge in [-0.1, -0.05) is 18.7 Å². The van der Waals surface area contributed by atoms with Gasteiger partial charge in [0.05, 0.1) is 24.7 Å². The van der Waals surface area contributed by atoms with E-state index in [1.807, 2.05) is 36.4 Å². The number of pyridine rings is 1. The van der Waals surface area contributed by atoms with Crippen molar-refractivity contribution in [2.24, 2.45) is 0 Å². The lowest BCUT2D eigenvalue weighted by atomic mass is 10.1. The van der Waals surface area contributed by atoms with E-state index < -0.39 is 0 Å². The molecule has 3 heterocycles. The van der Waals surface area contributed by atoms with Crippen LogP contribution in [0.3, 0.4) is 0 Å². The Labute approximate surface area is 176 Å². The Morgan fingerprint density at radius 3 is 2.33 bits per heavy atom. The molecule has 0 amide bonds. The minimum atomic E-state index is 0.517. The number of nitrogens with zero attached hydrogens (tertiary/aromatic N) is 4. The number of rotatable bonds is 6. The highest BCUT2D eigenvalue weighted by atomic mass is 16.5. The van der Waals surface area contributed by atoms with Crippen molar-refractivity contribution in [3.63, 3.8) is 0 Å². The second kappa shape index (κ2) is 9.22. The zero-order chi connectivity index (χ0) is 20.8. The number of piperazine rings is 1. The molecule has 1 fully saturated rings. The van der Waals surface area contributed by atoms with Gasteiger partial charge >= 0.3 is 0 Å². The van der Waals surface area contributed by atoms with Crippen LogP contribution in [0.1, 0.15) is 5.69 Å². The molecule has 0 saturated carbocycles. The lowest BCUT2D eigenvalue weighted by Crippen LogP contribution is -2.42. The fourth-order valence-corrected chi connectivity index (χ4v) is 3.31. The van der Waals surface area contributed by atoms with E-state index in [1.165, 1.54) is 0 Å². The Hall–Kier alpha value is -3.67. The van der Waals surface area contributed by atoms with Gasteiger partial charge in [0, 0.05) is 44.1 Å². The second-order valence-electron chi connectivity index (χ2n) is 6.84. The van der Waals surface area contributed by atoms with E-state index in [-0.39, 0.29) is 0 Å². The Morgan fingerprint density at radius 1 is 1.00 bits per heavy atom. The first-order chi connectivity index (χ1) is 14.8. The number of aromatic nitrogens is 3. The van der Waals surface area contributed by atoms with Gasteiger partial charge in [-0.25, -0.2) is 9.97 Å². The topological polar surface area (TPSA) is 75.2 Å². The number of nitrogens with one attached hydrogen (secondary N) is 2. The number of methoxy groups -OCH3 is 1. The minimum Gasteiger partial charge on any atom is -0.497 e. The quantitative estimate of drug-likeness (QED) is 0.615. The largest absolute Gasteiger partial charge is 0.497 e. The van der Waals surface area contributed by atoms with Crippen LogP contribution in [0.4, 0.5) is 11.6 Å². The molecular weight excluding hydrogens is 376 g/mol. The molecule has 1 aromatic carbocycles. The summed E-state index contributed by atoms with van der Waals surface area (Å²) in [6.45, 7) is 7.59. The van der Waals surface area contributed by atoms with E-state index >= 15 is 0 Å². The molecule has 30 heavy (non-hydrogen) atoms. The summed E-state index contributed by atoms with van der Waals surface area (Å²) in [5.41, 5.74) is 7.61. The van der Waals surface area contributed by atoms with Gasteiger partial charge in [0.1, 0.15) is 11.4 Å². The molecule has 1 aliphatic rings. The van der Waals surface area contributed by atoms with Crippen molar-refractivity contribution in [1.29, 1.82) is 0 Å². The molecule has 1 saturated heterocycles. The van der Waals surface area contributed by atoms with Crippen LogP contribution in [0.15, 0.2) is 67.3 Å². The van der Waals surface area contributed by atoms with E-state index in [4.69, 9.17) is 4.74 Å². The standard InChI is InChI=1S/C23H24N6O/c1-3-22(29-12-10-24-11-13-29)21-9-6-19(16-25-21)28-23-26-14-18(15-27-23)17-4-7-20(30-2)8-5-17/h4-9,14-16,24H,1,10-13H2,2H3,(H,26,27,28). The van der Waals surface area contributed by atoms with Crippen LogP contribution in [0.25, 0.3) is 16.8 Å². The molecule has 0 unspecified atom stereocenters. The van der Waals surface area contributed by atoms with Gasteiger partial charge in [-0.3, -0.25) is 4.98 Å². The molecule has 0 spiro atoms. The van der Waals surface area contributed by atoms with Gasteiger partial charge in [0.15, 0.2) is 0 Å². The SMILES string of the molecule is C=C=C(c1ccc(Nc2ncc(-c3ccc(OC)cc3)cn2)cn1)N1CCNCC1. The highest BCUT2D eigenvalue weighted by molar-refractivity contribution is 5.65. The molecule has 7 heteroatoms. The third-order valence-corrected chi connectivity index (χ3v) is 4.94. The summed E-state index contributed by atoms with van der Waals surface area (Å²) < 4.78 is 5.19.